The summed E-state index contributed by atoms with van der Waals surface area (Å²) >= 11 is 0. The minimum Gasteiger partial charge on any atom is -0.325 e. The number of anilines is 3. The van der Waals surface area contributed by atoms with Crippen molar-refractivity contribution >= 4 is 23.2 Å². The minimum atomic E-state index is -0.0307. The molecule has 3 aromatic rings. The first kappa shape index (κ1) is 19.7. The molecule has 0 saturated carbocycles. The lowest BCUT2D eigenvalue weighted by molar-refractivity contribution is -0.115. The maximum Gasteiger partial charge on any atom is 0.228 e. The van der Waals surface area contributed by atoms with Gasteiger partial charge in [-0.15, -0.1) is 0 Å². The van der Waals surface area contributed by atoms with Crippen LogP contribution in [0, 0.1) is 13.8 Å². The SMILES string of the molecule is Cc1ccc(Nc2ncc3c(n2)-c2ccc(CN4CCCC4)cc2NC(=O)C3)cc1C. The van der Waals surface area contributed by atoms with Gasteiger partial charge in [-0.25, -0.2) is 9.97 Å². The van der Waals surface area contributed by atoms with Crippen LogP contribution in [0.15, 0.2) is 42.6 Å². The second-order valence-corrected chi connectivity index (χ2v) is 8.58. The normalized spacial score (nSPS) is 15.7. The van der Waals surface area contributed by atoms with E-state index >= 15 is 0 Å². The lowest BCUT2D eigenvalue weighted by Crippen LogP contribution is -2.18. The van der Waals surface area contributed by atoms with Gasteiger partial charge in [0.1, 0.15) is 0 Å². The number of amides is 1. The summed E-state index contributed by atoms with van der Waals surface area (Å²) in [5.74, 6) is 0.500. The van der Waals surface area contributed by atoms with Gasteiger partial charge in [0.2, 0.25) is 11.9 Å². The lowest BCUT2D eigenvalue weighted by atomic mass is 10.0. The molecule has 1 amide bonds. The highest BCUT2D eigenvalue weighted by atomic mass is 16.1. The number of aryl methyl sites for hydroxylation is 2. The number of hydrogen-bond donors (Lipinski definition) is 2. The quantitative estimate of drug-likeness (QED) is 0.654. The fraction of sp³-hybridized carbons (Fsp3) is 0.320. The molecule has 0 radical (unpaired) electrons. The van der Waals surface area contributed by atoms with Crippen LogP contribution in [0.25, 0.3) is 11.3 Å². The molecule has 1 fully saturated rings. The first-order chi connectivity index (χ1) is 15.0. The van der Waals surface area contributed by atoms with Gasteiger partial charge in [0.15, 0.2) is 0 Å². The summed E-state index contributed by atoms with van der Waals surface area (Å²) in [6.45, 7) is 7.39. The van der Waals surface area contributed by atoms with Gasteiger partial charge in [0.25, 0.3) is 0 Å². The summed E-state index contributed by atoms with van der Waals surface area (Å²) in [6.07, 6.45) is 4.57. The molecule has 2 aliphatic rings. The van der Waals surface area contributed by atoms with Crippen molar-refractivity contribution in [2.75, 3.05) is 23.7 Å². The summed E-state index contributed by atoms with van der Waals surface area (Å²) in [5.41, 5.74) is 8.05. The zero-order valence-electron chi connectivity index (χ0n) is 18.0. The molecule has 2 aliphatic heterocycles. The van der Waals surface area contributed by atoms with Crippen molar-refractivity contribution in [2.24, 2.45) is 0 Å². The summed E-state index contributed by atoms with van der Waals surface area (Å²) in [5, 5.41) is 6.38. The second kappa shape index (κ2) is 8.12. The van der Waals surface area contributed by atoms with Gasteiger partial charge in [-0.3, -0.25) is 9.69 Å². The Morgan fingerprint density at radius 1 is 1.06 bits per heavy atom. The zero-order chi connectivity index (χ0) is 21.4. The van der Waals surface area contributed by atoms with E-state index in [-0.39, 0.29) is 12.3 Å². The Balaban J connectivity index is 1.48. The number of carbonyl (C=O) groups is 1. The van der Waals surface area contributed by atoms with E-state index in [9.17, 15) is 4.79 Å². The third kappa shape index (κ3) is 4.16. The Hall–Kier alpha value is -3.25. The van der Waals surface area contributed by atoms with E-state index in [4.69, 9.17) is 4.98 Å². The summed E-state index contributed by atoms with van der Waals surface area (Å²) in [6, 6.07) is 12.5. The van der Waals surface area contributed by atoms with E-state index in [1.54, 1.807) is 6.20 Å². The number of carbonyl (C=O) groups excluding carboxylic acids is 1. The molecule has 5 rings (SSSR count). The summed E-state index contributed by atoms with van der Waals surface area (Å²) in [4.78, 5) is 24.2. The van der Waals surface area contributed by atoms with Gasteiger partial charge < -0.3 is 10.6 Å². The van der Waals surface area contributed by atoms with Crippen LogP contribution in [0.1, 0.15) is 35.1 Å². The van der Waals surface area contributed by atoms with Gasteiger partial charge in [-0.1, -0.05) is 18.2 Å². The average Bonchev–Trinajstić information content (AvgIpc) is 3.20. The molecule has 0 unspecified atom stereocenters. The largest absolute Gasteiger partial charge is 0.325 e. The average molecular weight is 414 g/mol. The van der Waals surface area contributed by atoms with E-state index in [1.165, 1.54) is 29.5 Å². The van der Waals surface area contributed by atoms with Gasteiger partial charge in [-0.05, 0) is 74.7 Å². The molecule has 6 nitrogen and oxygen atoms in total. The Morgan fingerprint density at radius 3 is 2.71 bits per heavy atom. The molecule has 31 heavy (non-hydrogen) atoms. The van der Waals surface area contributed by atoms with Crippen LogP contribution in [0.4, 0.5) is 17.3 Å². The highest BCUT2D eigenvalue weighted by molar-refractivity contribution is 6.00. The Morgan fingerprint density at radius 2 is 1.90 bits per heavy atom. The van der Waals surface area contributed by atoms with Crippen LogP contribution < -0.4 is 10.6 Å². The number of likely N-dealkylation sites (tertiary alicyclic amines) is 1. The Bertz CT molecular complexity index is 1150. The molecule has 0 bridgehead atoms. The first-order valence-electron chi connectivity index (χ1n) is 10.9. The number of nitrogens with zero attached hydrogens (tertiary/aromatic N) is 3. The van der Waals surface area contributed by atoms with Gasteiger partial charge in [0, 0.05) is 29.6 Å². The number of fused-ring (bicyclic) bond motifs is 3. The highest BCUT2D eigenvalue weighted by Crippen LogP contribution is 2.34. The van der Waals surface area contributed by atoms with Crippen molar-refractivity contribution in [1.29, 1.82) is 0 Å². The van der Waals surface area contributed by atoms with Crippen molar-refractivity contribution < 1.29 is 4.79 Å². The van der Waals surface area contributed by atoms with Crippen LogP contribution in [0.2, 0.25) is 0 Å². The van der Waals surface area contributed by atoms with E-state index in [2.05, 4.69) is 64.7 Å². The lowest BCUT2D eigenvalue weighted by Gasteiger charge is -2.16. The number of aromatic nitrogens is 2. The zero-order valence-corrected chi connectivity index (χ0v) is 18.0. The van der Waals surface area contributed by atoms with Crippen molar-refractivity contribution in [2.45, 2.75) is 39.7 Å². The van der Waals surface area contributed by atoms with Crippen LogP contribution in [-0.4, -0.2) is 33.9 Å². The molecular formula is C25H27N5O. The molecule has 0 spiro atoms. The second-order valence-electron chi connectivity index (χ2n) is 8.58. The molecule has 1 saturated heterocycles. The maximum absolute atomic E-state index is 12.5. The topological polar surface area (TPSA) is 70.2 Å². The Labute approximate surface area is 182 Å². The third-order valence-corrected chi connectivity index (χ3v) is 6.20. The van der Waals surface area contributed by atoms with Crippen molar-refractivity contribution in [3.8, 4) is 11.3 Å². The number of nitrogens with one attached hydrogen (secondary N) is 2. The van der Waals surface area contributed by atoms with Crippen molar-refractivity contribution in [1.82, 2.24) is 14.9 Å². The van der Waals surface area contributed by atoms with E-state index in [0.29, 0.717) is 5.95 Å². The molecule has 6 heteroatoms. The van der Waals surface area contributed by atoms with Crippen molar-refractivity contribution in [3.05, 3.63) is 64.8 Å². The third-order valence-electron chi connectivity index (χ3n) is 6.20. The van der Waals surface area contributed by atoms with E-state index in [1.807, 2.05) is 6.07 Å². The number of hydrogen-bond acceptors (Lipinski definition) is 5. The molecule has 0 atom stereocenters. The fourth-order valence-electron chi connectivity index (χ4n) is 4.34. The standard InChI is InChI=1S/C25H27N5O/c1-16-5-7-20(11-17(16)2)27-25-26-14-19-13-23(31)28-22-12-18(15-30-9-3-4-10-30)6-8-21(22)24(19)29-25/h5-8,11-12,14H,3-4,9-10,13,15H2,1-2H3,(H,28,31)(H,26,27,29). The van der Waals surface area contributed by atoms with Gasteiger partial charge in [0.05, 0.1) is 17.8 Å². The minimum absolute atomic E-state index is 0.0307. The molecule has 3 heterocycles. The monoisotopic (exact) mass is 413 g/mol. The summed E-state index contributed by atoms with van der Waals surface area (Å²) < 4.78 is 0. The van der Waals surface area contributed by atoms with Gasteiger partial charge in [-0.2, -0.15) is 0 Å². The van der Waals surface area contributed by atoms with Gasteiger partial charge >= 0.3 is 0 Å². The number of rotatable bonds is 4. The number of benzene rings is 2. The maximum atomic E-state index is 12.5. The first-order valence-corrected chi connectivity index (χ1v) is 10.9. The van der Waals surface area contributed by atoms with E-state index < -0.39 is 0 Å². The van der Waals surface area contributed by atoms with Crippen LogP contribution >= 0.6 is 0 Å². The van der Waals surface area contributed by atoms with Crippen LogP contribution in [0.5, 0.6) is 0 Å². The Kier molecular flexibility index (Phi) is 5.16. The van der Waals surface area contributed by atoms with Crippen molar-refractivity contribution in [3.63, 3.8) is 0 Å². The molecular weight excluding hydrogens is 386 g/mol. The predicted molar refractivity (Wildman–Crippen MR) is 124 cm³/mol. The molecule has 158 valence electrons. The van der Waals surface area contributed by atoms with Crippen LogP contribution in [0.3, 0.4) is 0 Å². The van der Waals surface area contributed by atoms with E-state index in [0.717, 1.165) is 47.8 Å². The molecule has 2 aromatic carbocycles. The predicted octanol–water partition coefficient (Wildman–Crippen LogP) is 4.59. The molecule has 2 N–H and O–H groups in total. The smallest absolute Gasteiger partial charge is 0.228 e. The molecule has 1 aromatic heterocycles. The fourth-order valence-corrected chi connectivity index (χ4v) is 4.34. The highest BCUT2D eigenvalue weighted by Gasteiger charge is 2.22. The summed E-state index contributed by atoms with van der Waals surface area (Å²) in [7, 11) is 0. The van der Waals surface area contributed by atoms with Crippen LogP contribution in [-0.2, 0) is 17.8 Å². The molecule has 0 aliphatic carbocycles.